The summed E-state index contributed by atoms with van der Waals surface area (Å²) >= 11 is 0. The highest BCUT2D eigenvalue weighted by Crippen LogP contribution is 2.27. The van der Waals surface area contributed by atoms with Crippen molar-refractivity contribution in [2.45, 2.75) is 46.2 Å². The van der Waals surface area contributed by atoms with Crippen LogP contribution in [-0.2, 0) is 31.0 Å². The van der Waals surface area contributed by atoms with Crippen LogP contribution in [0.2, 0.25) is 0 Å². The van der Waals surface area contributed by atoms with Gasteiger partial charge in [-0.15, -0.1) is 0 Å². The van der Waals surface area contributed by atoms with Crippen LogP contribution in [0.5, 0.6) is 0 Å². The van der Waals surface area contributed by atoms with E-state index in [2.05, 4.69) is 26.4 Å². The maximum absolute atomic E-state index is 5.88. The number of pyridine rings is 1. The van der Waals surface area contributed by atoms with E-state index in [0.29, 0.717) is 13.2 Å². The Balaban J connectivity index is 1.38. The highest BCUT2D eigenvalue weighted by atomic mass is 16.5. The van der Waals surface area contributed by atoms with Crippen molar-refractivity contribution in [3.05, 3.63) is 71.5 Å². The van der Waals surface area contributed by atoms with E-state index in [4.69, 9.17) is 9.15 Å². The molecular formula is C20H24N4O2. The van der Waals surface area contributed by atoms with Gasteiger partial charge in [0.1, 0.15) is 5.82 Å². The molecule has 3 aromatic heterocycles. The van der Waals surface area contributed by atoms with Gasteiger partial charge in [0.15, 0.2) is 0 Å². The Kier molecular flexibility index (Phi) is 4.86. The molecule has 26 heavy (non-hydrogen) atoms. The Bertz CT molecular complexity index is 857. The lowest BCUT2D eigenvalue weighted by atomic mass is 10.2. The molecule has 0 aromatic carbocycles. The van der Waals surface area contributed by atoms with E-state index in [-0.39, 0.29) is 6.04 Å². The number of rotatable bonds is 6. The van der Waals surface area contributed by atoms with Crippen LogP contribution in [0.25, 0.3) is 0 Å². The number of hydrogen-bond donors (Lipinski definition) is 0. The summed E-state index contributed by atoms with van der Waals surface area (Å²) in [6.07, 6.45) is 5.48. The number of aromatic nitrogens is 3. The molecule has 3 aromatic rings. The normalized spacial score (nSPS) is 17.4. The number of imidazole rings is 1. The first-order chi connectivity index (χ1) is 12.7. The largest absolute Gasteiger partial charge is 0.472 e. The Hall–Kier alpha value is -2.44. The molecule has 0 radical (unpaired) electrons. The molecule has 4 heterocycles. The number of nitrogens with zero attached hydrogens (tertiary/aromatic N) is 4. The Labute approximate surface area is 153 Å². The number of furan rings is 1. The molecule has 6 nitrogen and oxygen atoms in total. The molecule has 0 aliphatic carbocycles. The monoisotopic (exact) mass is 352 g/mol. The van der Waals surface area contributed by atoms with Gasteiger partial charge >= 0.3 is 0 Å². The van der Waals surface area contributed by atoms with Gasteiger partial charge in [0.2, 0.25) is 0 Å². The zero-order chi connectivity index (χ0) is 17.9. The SMILES string of the molecule is Cc1cccc(COCc2cnc3n2CCN(Cc2ccoc2)C3C)n1. The van der Waals surface area contributed by atoms with Crippen LogP contribution in [0.15, 0.2) is 47.4 Å². The van der Waals surface area contributed by atoms with Crippen molar-refractivity contribution >= 4 is 0 Å². The molecule has 0 saturated heterocycles. The molecule has 0 fully saturated rings. The van der Waals surface area contributed by atoms with E-state index in [9.17, 15) is 0 Å². The summed E-state index contributed by atoms with van der Waals surface area (Å²) in [6.45, 7) is 8.07. The molecule has 0 amide bonds. The zero-order valence-electron chi connectivity index (χ0n) is 15.3. The first kappa shape index (κ1) is 17.0. The van der Waals surface area contributed by atoms with Gasteiger partial charge in [0.05, 0.1) is 49.4 Å². The van der Waals surface area contributed by atoms with E-state index in [1.165, 1.54) is 5.56 Å². The number of aryl methyl sites for hydroxylation is 1. The molecule has 1 unspecified atom stereocenters. The molecular weight excluding hydrogens is 328 g/mol. The summed E-state index contributed by atoms with van der Waals surface area (Å²) in [7, 11) is 0. The molecule has 1 aliphatic heterocycles. The summed E-state index contributed by atoms with van der Waals surface area (Å²) in [6, 6.07) is 8.29. The first-order valence-corrected chi connectivity index (χ1v) is 9.00. The third-order valence-electron chi connectivity index (χ3n) is 4.91. The summed E-state index contributed by atoms with van der Waals surface area (Å²) < 4.78 is 13.4. The van der Waals surface area contributed by atoms with Crippen molar-refractivity contribution in [3.63, 3.8) is 0 Å². The third kappa shape index (κ3) is 3.57. The van der Waals surface area contributed by atoms with Gasteiger partial charge < -0.3 is 13.7 Å². The fourth-order valence-electron chi connectivity index (χ4n) is 3.49. The van der Waals surface area contributed by atoms with Gasteiger partial charge in [-0.05, 0) is 32.0 Å². The van der Waals surface area contributed by atoms with Crippen molar-refractivity contribution in [3.8, 4) is 0 Å². The number of ether oxygens (including phenoxy) is 1. The maximum atomic E-state index is 5.88. The fourth-order valence-corrected chi connectivity index (χ4v) is 3.49. The number of fused-ring (bicyclic) bond motifs is 1. The second-order valence-electron chi connectivity index (χ2n) is 6.80. The van der Waals surface area contributed by atoms with Crippen LogP contribution in [-0.4, -0.2) is 26.0 Å². The maximum Gasteiger partial charge on any atom is 0.126 e. The first-order valence-electron chi connectivity index (χ1n) is 9.00. The van der Waals surface area contributed by atoms with Crippen molar-refractivity contribution in [1.29, 1.82) is 0 Å². The van der Waals surface area contributed by atoms with Gasteiger partial charge in [-0.25, -0.2) is 4.98 Å². The minimum absolute atomic E-state index is 0.269. The van der Waals surface area contributed by atoms with Gasteiger partial charge in [-0.1, -0.05) is 6.07 Å². The van der Waals surface area contributed by atoms with Gasteiger partial charge in [0, 0.05) is 30.9 Å². The van der Waals surface area contributed by atoms with Crippen LogP contribution in [0, 0.1) is 6.92 Å². The van der Waals surface area contributed by atoms with E-state index < -0.39 is 0 Å². The van der Waals surface area contributed by atoms with Crippen LogP contribution in [0.1, 0.15) is 41.4 Å². The van der Waals surface area contributed by atoms with Gasteiger partial charge in [0.25, 0.3) is 0 Å². The summed E-state index contributed by atoms with van der Waals surface area (Å²) in [4.78, 5) is 11.6. The third-order valence-corrected chi connectivity index (χ3v) is 4.91. The molecule has 0 N–H and O–H groups in total. The molecule has 0 bridgehead atoms. The quantitative estimate of drug-likeness (QED) is 0.680. The second-order valence-corrected chi connectivity index (χ2v) is 6.80. The molecule has 1 atom stereocenters. The highest BCUT2D eigenvalue weighted by Gasteiger charge is 2.27. The lowest BCUT2D eigenvalue weighted by Crippen LogP contribution is -2.37. The topological polar surface area (TPSA) is 56.3 Å². The summed E-state index contributed by atoms with van der Waals surface area (Å²) in [5.41, 5.74) is 4.30. The average molecular weight is 352 g/mol. The lowest BCUT2D eigenvalue weighted by molar-refractivity contribution is 0.0948. The van der Waals surface area contributed by atoms with Crippen molar-refractivity contribution in [1.82, 2.24) is 19.4 Å². The van der Waals surface area contributed by atoms with Gasteiger partial charge in [-0.2, -0.15) is 0 Å². The Morgan fingerprint density at radius 2 is 2.15 bits per heavy atom. The van der Waals surface area contributed by atoms with Crippen LogP contribution in [0.4, 0.5) is 0 Å². The smallest absolute Gasteiger partial charge is 0.126 e. The second kappa shape index (κ2) is 7.43. The standard InChI is InChI=1S/C20H24N4O2/c1-15-4-3-5-18(22-15)13-26-14-19-10-21-20-16(2)23(7-8-24(19)20)11-17-6-9-25-12-17/h3-6,9-10,12,16H,7-8,11,13-14H2,1-2H3. The molecule has 0 saturated carbocycles. The van der Waals surface area contributed by atoms with E-state index in [0.717, 1.165) is 42.5 Å². The molecule has 4 rings (SSSR count). The highest BCUT2D eigenvalue weighted by molar-refractivity contribution is 5.13. The van der Waals surface area contributed by atoms with Gasteiger partial charge in [-0.3, -0.25) is 9.88 Å². The van der Waals surface area contributed by atoms with E-state index >= 15 is 0 Å². The van der Waals surface area contributed by atoms with Crippen molar-refractivity contribution < 1.29 is 9.15 Å². The Morgan fingerprint density at radius 1 is 1.23 bits per heavy atom. The predicted octanol–water partition coefficient (Wildman–Crippen LogP) is 3.47. The van der Waals surface area contributed by atoms with Crippen LogP contribution >= 0.6 is 0 Å². The minimum atomic E-state index is 0.269. The number of hydrogen-bond acceptors (Lipinski definition) is 5. The average Bonchev–Trinajstić information content (AvgIpc) is 3.28. The molecule has 0 spiro atoms. The molecule has 136 valence electrons. The van der Waals surface area contributed by atoms with Crippen molar-refractivity contribution in [2.75, 3.05) is 6.54 Å². The molecule has 1 aliphatic rings. The van der Waals surface area contributed by atoms with E-state index in [1.54, 1.807) is 6.26 Å². The van der Waals surface area contributed by atoms with Crippen LogP contribution < -0.4 is 0 Å². The van der Waals surface area contributed by atoms with Crippen molar-refractivity contribution in [2.24, 2.45) is 0 Å². The summed E-state index contributed by atoms with van der Waals surface area (Å²) in [5.74, 6) is 1.10. The summed E-state index contributed by atoms with van der Waals surface area (Å²) in [5, 5.41) is 0. The molecule has 6 heteroatoms. The Morgan fingerprint density at radius 3 is 2.96 bits per heavy atom. The minimum Gasteiger partial charge on any atom is -0.472 e. The van der Waals surface area contributed by atoms with E-state index in [1.807, 2.05) is 43.6 Å². The van der Waals surface area contributed by atoms with Crippen LogP contribution in [0.3, 0.4) is 0 Å². The lowest BCUT2D eigenvalue weighted by Gasteiger charge is -2.34. The zero-order valence-corrected chi connectivity index (χ0v) is 15.3. The fraction of sp³-hybridized carbons (Fsp3) is 0.400. The predicted molar refractivity (Wildman–Crippen MR) is 97.2 cm³/mol.